The zero-order valence-electron chi connectivity index (χ0n) is 24.7. The number of nitrogens with one attached hydrogen (secondary N) is 2. The molecule has 1 amide bonds. The maximum atomic E-state index is 12.9. The SMILES string of the molecule is C/C(=C/S(=O)(=O)Nc1ccccc1)[C@H]1O[C@@H](Oc2ccc(/C=C(\C)C(=O)N[C@@H]3[C@H](O)[C@@H](O)[C@H]4OCO[C@H]4[C@@H]3O)cc2O)[C@@H](O)[C@@H]1O. The predicted octanol–water partition coefficient (Wildman–Crippen LogP) is -0.711. The molecule has 16 heteroatoms. The number of rotatable bonds is 9. The van der Waals surface area contributed by atoms with Gasteiger partial charge in [-0.1, -0.05) is 24.3 Å². The van der Waals surface area contributed by atoms with E-state index in [0.717, 1.165) is 5.41 Å². The van der Waals surface area contributed by atoms with Crippen LogP contribution in [0.5, 0.6) is 11.5 Å². The summed E-state index contributed by atoms with van der Waals surface area (Å²) in [6.45, 7) is 2.71. The molecule has 1 saturated carbocycles. The third kappa shape index (κ3) is 7.20. The van der Waals surface area contributed by atoms with Crippen molar-refractivity contribution in [2.24, 2.45) is 0 Å². The lowest BCUT2D eigenvalue weighted by molar-refractivity contribution is -0.155. The van der Waals surface area contributed by atoms with Crippen LogP contribution in [0.1, 0.15) is 19.4 Å². The Labute approximate surface area is 264 Å². The van der Waals surface area contributed by atoms with Crippen LogP contribution in [0.25, 0.3) is 6.08 Å². The molecule has 5 rings (SSSR count). The zero-order chi connectivity index (χ0) is 33.3. The summed E-state index contributed by atoms with van der Waals surface area (Å²) in [4.78, 5) is 12.9. The third-order valence-corrected chi connectivity index (χ3v) is 9.11. The lowest BCUT2D eigenvalue weighted by Crippen LogP contribution is -2.67. The molecular formula is C30H36N2O13S. The number of para-hydroxylation sites is 1. The van der Waals surface area contributed by atoms with Gasteiger partial charge >= 0.3 is 0 Å². The van der Waals surface area contributed by atoms with Gasteiger partial charge in [-0.3, -0.25) is 9.52 Å². The van der Waals surface area contributed by atoms with Crippen LogP contribution >= 0.6 is 0 Å². The van der Waals surface area contributed by atoms with E-state index in [1.165, 1.54) is 38.1 Å². The van der Waals surface area contributed by atoms with E-state index in [-0.39, 0.29) is 23.7 Å². The zero-order valence-corrected chi connectivity index (χ0v) is 25.5. The van der Waals surface area contributed by atoms with Gasteiger partial charge in [-0.25, -0.2) is 8.42 Å². The van der Waals surface area contributed by atoms with Gasteiger partial charge in [0.05, 0.1) is 11.4 Å². The van der Waals surface area contributed by atoms with E-state index in [2.05, 4.69) is 10.0 Å². The first-order valence-electron chi connectivity index (χ1n) is 14.3. The normalized spacial score (nSPS) is 33.4. The number of ether oxygens (including phenoxy) is 4. The van der Waals surface area contributed by atoms with Crippen molar-refractivity contribution in [2.45, 2.75) is 75.0 Å². The smallest absolute Gasteiger partial charge is 0.255 e. The molecule has 46 heavy (non-hydrogen) atoms. The first-order chi connectivity index (χ1) is 21.8. The van der Waals surface area contributed by atoms with Crippen molar-refractivity contribution in [1.82, 2.24) is 5.32 Å². The van der Waals surface area contributed by atoms with Gasteiger partial charge in [0.15, 0.2) is 11.5 Å². The number of fused-ring (bicyclic) bond motifs is 1. The topological polar surface area (TPSA) is 234 Å². The van der Waals surface area contributed by atoms with Gasteiger partial charge < -0.3 is 54.9 Å². The van der Waals surface area contributed by atoms with E-state index in [1.807, 2.05) is 0 Å². The van der Waals surface area contributed by atoms with Crippen molar-refractivity contribution in [2.75, 3.05) is 11.5 Å². The number of amides is 1. The van der Waals surface area contributed by atoms with Crippen LogP contribution in [0.4, 0.5) is 5.69 Å². The summed E-state index contributed by atoms with van der Waals surface area (Å²) in [5.74, 6) is -1.20. The number of aliphatic hydroxyl groups is 5. The average molecular weight is 665 g/mol. The van der Waals surface area contributed by atoms with Crippen LogP contribution in [-0.4, -0.2) is 113 Å². The number of aliphatic hydroxyl groups excluding tert-OH is 5. The first-order valence-corrected chi connectivity index (χ1v) is 15.8. The molecule has 2 aromatic rings. The molecule has 3 fully saturated rings. The number of anilines is 1. The van der Waals surface area contributed by atoms with Crippen molar-refractivity contribution in [1.29, 1.82) is 0 Å². The van der Waals surface area contributed by atoms with E-state index >= 15 is 0 Å². The minimum atomic E-state index is -3.98. The fraction of sp³-hybridized carbons (Fsp3) is 0.433. The molecule has 0 radical (unpaired) electrons. The molecule has 0 spiro atoms. The fourth-order valence-corrected chi connectivity index (χ4v) is 6.66. The lowest BCUT2D eigenvalue weighted by atomic mass is 9.83. The highest BCUT2D eigenvalue weighted by Crippen LogP contribution is 2.34. The number of hydrogen-bond acceptors (Lipinski definition) is 13. The molecule has 0 unspecified atom stereocenters. The van der Waals surface area contributed by atoms with Crippen molar-refractivity contribution in [3.05, 3.63) is 70.6 Å². The van der Waals surface area contributed by atoms with Crippen LogP contribution in [-0.2, 0) is 29.0 Å². The number of aromatic hydroxyl groups is 1. The molecule has 2 aromatic carbocycles. The number of sulfonamides is 1. The second-order valence-electron chi connectivity index (χ2n) is 11.3. The molecule has 0 bridgehead atoms. The fourth-order valence-electron chi connectivity index (χ4n) is 5.52. The Morgan fingerprint density at radius 1 is 0.913 bits per heavy atom. The lowest BCUT2D eigenvalue weighted by Gasteiger charge is -2.41. The van der Waals surface area contributed by atoms with Gasteiger partial charge in [0.1, 0.15) is 55.6 Å². The molecule has 250 valence electrons. The Bertz CT molecular complexity index is 1580. The summed E-state index contributed by atoms with van der Waals surface area (Å²) in [5.41, 5.74) is 0.911. The minimum Gasteiger partial charge on any atom is -0.504 e. The standard InChI is InChI=1S/C30H36N2O13S/c1-14(29(39)31-20-21(34)23(36)28-27(22(20)35)42-13-43-28)10-16-8-9-19(18(33)11-16)44-30-25(38)24(37)26(45-30)15(2)12-46(40,41)32-17-6-4-3-5-7-17/h3-12,20-28,30,32-38H,13H2,1-2H3,(H,31,39)/b14-10+,15-12-/t20-,21+,22-,23-,24+,25+,26-,27+,28-,30-/m1/s1. The van der Waals surface area contributed by atoms with Gasteiger partial charge in [-0.15, -0.1) is 0 Å². The number of phenolic OH excluding ortho intramolecular Hbond substituents is 1. The minimum absolute atomic E-state index is 0.0891. The van der Waals surface area contributed by atoms with Gasteiger partial charge in [-0.05, 0) is 55.3 Å². The summed E-state index contributed by atoms with van der Waals surface area (Å²) in [5, 5.41) is 66.4. The van der Waals surface area contributed by atoms with Crippen molar-refractivity contribution in [3.63, 3.8) is 0 Å². The van der Waals surface area contributed by atoms with Crippen molar-refractivity contribution in [3.8, 4) is 11.5 Å². The van der Waals surface area contributed by atoms with Crippen LogP contribution < -0.4 is 14.8 Å². The van der Waals surface area contributed by atoms with Crippen molar-refractivity contribution < 1.29 is 62.8 Å². The molecule has 2 aliphatic heterocycles. The summed E-state index contributed by atoms with van der Waals surface area (Å²) in [6.07, 6.45) is -10.5. The van der Waals surface area contributed by atoms with E-state index in [0.29, 0.717) is 11.3 Å². The Hall–Kier alpha value is -3.58. The second kappa shape index (κ2) is 13.6. The largest absolute Gasteiger partial charge is 0.504 e. The van der Waals surface area contributed by atoms with Gasteiger partial charge in [0.25, 0.3) is 10.0 Å². The number of carbonyl (C=O) groups excluding carboxylic acids is 1. The molecule has 2 saturated heterocycles. The molecule has 8 N–H and O–H groups in total. The Kier molecular flexibility index (Phi) is 10.0. The Balaban J connectivity index is 1.21. The molecule has 2 heterocycles. The molecule has 1 aliphatic carbocycles. The molecule has 10 atom stereocenters. The predicted molar refractivity (Wildman–Crippen MR) is 160 cm³/mol. The number of hydrogen-bond donors (Lipinski definition) is 8. The van der Waals surface area contributed by atoms with Crippen LogP contribution in [0.15, 0.2) is 65.1 Å². The van der Waals surface area contributed by atoms with E-state index < -0.39 is 82.8 Å². The molecular weight excluding hydrogens is 628 g/mol. The Morgan fingerprint density at radius 2 is 1.59 bits per heavy atom. The number of benzene rings is 2. The molecule has 15 nitrogen and oxygen atoms in total. The monoisotopic (exact) mass is 664 g/mol. The van der Waals surface area contributed by atoms with E-state index in [9.17, 15) is 43.9 Å². The van der Waals surface area contributed by atoms with Gasteiger partial charge in [0, 0.05) is 11.3 Å². The van der Waals surface area contributed by atoms with Crippen molar-refractivity contribution >= 4 is 27.7 Å². The van der Waals surface area contributed by atoms with E-state index in [1.54, 1.807) is 30.3 Å². The van der Waals surface area contributed by atoms with Gasteiger partial charge in [0.2, 0.25) is 12.2 Å². The highest BCUT2D eigenvalue weighted by molar-refractivity contribution is 7.95. The number of phenols is 1. The molecule has 0 aromatic heterocycles. The summed E-state index contributed by atoms with van der Waals surface area (Å²) < 4.78 is 49.2. The van der Waals surface area contributed by atoms with Crippen LogP contribution in [0, 0.1) is 0 Å². The molecule has 3 aliphatic rings. The van der Waals surface area contributed by atoms with E-state index in [4.69, 9.17) is 18.9 Å². The summed E-state index contributed by atoms with van der Waals surface area (Å²) in [6, 6.07) is 11.0. The Morgan fingerprint density at radius 3 is 2.26 bits per heavy atom. The highest BCUT2D eigenvalue weighted by Gasteiger charge is 2.53. The van der Waals surface area contributed by atoms with Gasteiger partial charge in [-0.2, -0.15) is 0 Å². The summed E-state index contributed by atoms with van der Waals surface area (Å²) in [7, 11) is -3.98. The first kappa shape index (κ1) is 33.8. The van der Waals surface area contributed by atoms with Crippen LogP contribution in [0.3, 0.4) is 0 Å². The summed E-state index contributed by atoms with van der Waals surface area (Å²) >= 11 is 0. The third-order valence-electron chi connectivity index (χ3n) is 7.91. The second-order valence-corrected chi connectivity index (χ2v) is 12.8. The maximum absolute atomic E-state index is 12.9. The number of carbonyl (C=O) groups is 1. The van der Waals surface area contributed by atoms with Crippen LogP contribution in [0.2, 0.25) is 0 Å². The average Bonchev–Trinajstić information content (AvgIpc) is 3.61. The highest BCUT2D eigenvalue weighted by atomic mass is 32.2. The maximum Gasteiger partial charge on any atom is 0.255 e. The quantitative estimate of drug-likeness (QED) is 0.155.